The first kappa shape index (κ1) is 50.5. The van der Waals surface area contributed by atoms with E-state index in [2.05, 4.69) is 26.1 Å². The summed E-state index contributed by atoms with van der Waals surface area (Å²) < 4.78 is 52.3. The monoisotopic (exact) mass is 998 g/mol. The zero-order chi connectivity index (χ0) is 48.6. The number of ether oxygens (including phenoxy) is 4. The molecule has 2 aliphatic rings. The summed E-state index contributed by atoms with van der Waals surface area (Å²) in [6.07, 6.45) is 0.354. The van der Waals surface area contributed by atoms with E-state index in [0.717, 1.165) is 22.5 Å². The molecule has 0 saturated carbocycles. The molecular weight excluding hydrogens is 949 g/mol. The summed E-state index contributed by atoms with van der Waals surface area (Å²) in [5.74, 6) is -1.76. The maximum Gasteiger partial charge on any atom is 0.488 e. The van der Waals surface area contributed by atoms with Crippen molar-refractivity contribution >= 4 is 52.6 Å². The Bertz CT molecular complexity index is 2630. The third-order valence-corrected chi connectivity index (χ3v) is 10.8. The molecule has 20 heteroatoms. The number of hydrogen-bond acceptors (Lipinski definition) is 12. The van der Waals surface area contributed by atoms with Crippen LogP contribution in [-0.2, 0) is 58.3 Å². The second-order valence-corrected chi connectivity index (χ2v) is 16.3. The van der Waals surface area contributed by atoms with Crippen LogP contribution in [0.15, 0.2) is 114 Å². The largest absolute Gasteiger partial charge is 0.488 e. The highest BCUT2D eigenvalue weighted by atomic mass is 79.9. The number of aromatic nitrogens is 4. The van der Waals surface area contributed by atoms with Gasteiger partial charge in [0.2, 0.25) is 0 Å². The van der Waals surface area contributed by atoms with Crippen molar-refractivity contribution in [2.24, 2.45) is 0 Å². The predicted octanol–water partition coefficient (Wildman–Crippen LogP) is 7.28. The van der Waals surface area contributed by atoms with Crippen LogP contribution in [0.25, 0.3) is 11.1 Å². The van der Waals surface area contributed by atoms with E-state index in [1.165, 1.54) is 24.3 Å². The van der Waals surface area contributed by atoms with E-state index in [4.69, 9.17) is 29.0 Å². The lowest BCUT2D eigenvalue weighted by Gasteiger charge is -2.19. The number of benzene rings is 4. The van der Waals surface area contributed by atoms with Crippen molar-refractivity contribution in [2.45, 2.75) is 66.1 Å². The molecule has 0 radical (unpaired) electrons. The van der Waals surface area contributed by atoms with Gasteiger partial charge in [-0.15, -0.1) is 0 Å². The van der Waals surface area contributed by atoms with Crippen molar-refractivity contribution in [3.63, 3.8) is 0 Å². The zero-order valence-electron chi connectivity index (χ0n) is 37.4. The summed E-state index contributed by atoms with van der Waals surface area (Å²) in [7, 11) is -1.34. The molecule has 356 valence electrons. The molecule has 4 heterocycles. The lowest BCUT2D eigenvalue weighted by molar-refractivity contribution is 0.0509. The van der Waals surface area contributed by atoms with Crippen molar-refractivity contribution in [3.05, 3.63) is 159 Å². The Morgan fingerprint density at radius 2 is 1.07 bits per heavy atom. The van der Waals surface area contributed by atoms with E-state index in [1.54, 1.807) is 75.5 Å². The number of fused-ring (bicyclic) bond motifs is 2. The van der Waals surface area contributed by atoms with Gasteiger partial charge in [0.15, 0.2) is 11.4 Å². The SMILES string of the molecule is CCOC(=O)c1cc2n(n1)CCCN(C(=O)OCc1cc(F)cc(-c3ccccc3)c1)C2.CCOC(=O)c1cc2n(n1)CCCN(C(=O)OCc1cc(F)cc(Br)c1)C2.OB(O)c1ccccc1. The summed E-state index contributed by atoms with van der Waals surface area (Å²) in [6, 6.07) is 30.4. The van der Waals surface area contributed by atoms with E-state index in [9.17, 15) is 28.0 Å². The average molecular weight is 1000 g/mol. The van der Waals surface area contributed by atoms with Crippen molar-refractivity contribution in [1.29, 1.82) is 0 Å². The molecule has 68 heavy (non-hydrogen) atoms. The van der Waals surface area contributed by atoms with Crippen LogP contribution in [0.1, 0.15) is 70.2 Å². The molecule has 0 spiro atoms. The van der Waals surface area contributed by atoms with Crippen LogP contribution >= 0.6 is 15.9 Å². The topological polar surface area (TPSA) is 188 Å². The molecule has 0 saturated heterocycles. The first-order valence-electron chi connectivity index (χ1n) is 21.8. The van der Waals surface area contributed by atoms with E-state index < -0.39 is 37.1 Å². The average Bonchev–Trinajstić information content (AvgIpc) is 3.79. The number of esters is 2. The van der Waals surface area contributed by atoms with Crippen molar-refractivity contribution in [2.75, 3.05) is 26.3 Å². The second kappa shape index (κ2) is 24.8. The van der Waals surface area contributed by atoms with Gasteiger partial charge in [0, 0.05) is 30.7 Å². The molecular formula is C48H50BBrF2N6O10. The Kier molecular flexibility index (Phi) is 18.4. The molecule has 16 nitrogen and oxygen atoms in total. The summed E-state index contributed by atoms with van der Waals surface area (Å²) >= 11 is 3.21. The van der Waals surface area contributed by atoms with Gasteiger partial charge in [-0.1, -0.05) is 76.6 Å². The number of aryl methyl sites for hydroxylation is 2. The Balaban J connectivity index is 0.000000191. The predicted molar refractivity (Wildman–Crippen MR) is 249 cm³/mol. The van der Waals surface area contributed by atoms with Gasteiger partial charge < -0.3 is 38.8 Å². The standard InChI is InChI=1S/C24H24FN3O4.C18H19BrFN3O4.C6H7BO2/c1-2-31-23(29)22-14-21-15-27(9-6-10-28(21)26-22)24(30)32-16-17-11-19(13-20(25)12-17)18-7-4-3-5-8-18;1-2-26-17(24)16-9-15-10-22(4-3-5-23(15)21-16)18(25)27-11-12-6-13(19)8-14(20)7-12;8-7(9)6-4-2-1-3-5-6/h3-5,7-8,11-14H,2,6,9-10,15-16H2,1H3;6-9H,2-5,10-11H2,1H3;1-5,8-9H. The number of carbonyl (C=O) groups is 4. The Morgan fingerprint density at radius 3 is 1.53 bits per heavy atom. The van der Waals surface area contributed by atoms with Crippen LogP contribution in [-0.4, -0.2) is 97.0 Å². The van der Waals surface area contributed by atoms with E-state index >= 15 is 0 Å². The maximum absolute atomic E-state index is 14.1. The number of carbonyl (C=O) groups excluding carboxylic acids is 4. The van der Waals surface area contributed by atoms with Crippen molar-refractivity contribution < 1.29 is 57.0 Å². The maximum atomic E-state index is 14.1. The minimum atomic E-state index is -1.34. The lowest BCUT2D eigenvalue weighted by atomic mass is 9.81. The first-order chi connectivity index (χ1) is 32.8. The van der Waals surface area contributed by atoms with Crippen molar-refractivity contribution in [1.82, 2.24) is 29.4 Å². The molecule has 2 amide bonds. The fourth-order valence-electron chi connectivity index (χ4n) is 7.17. The van der Waals surface area contributed by atoms with Crippen LogP contribution in [0, 0.1) is 11.6 Å². The number of halogens is 3. The van der Waals surface area contributed by atoms with Crippen LogP contribution < -0.4 is 5.46 Å². The summed E-state index contributed by atoms with van der Waals surface area (Å²) in [4.78, 5) is 52.0. The van der Waals surface area contributed by atoms with Crippen LogP contribution in [0.4, 0.5) is 18.4 Å². The number of hydrogen-bond donors (Lipinski definition) is 2. The molecule has 0 fully saturated rings. The fourth-order valence-corrected chi connectivity index (χ4v) is 7.68. The summed E-state index contributed by atoms with van der Waals surface area (Å²) in [5, 5.41) is 25.7. The molecule has 0 aliphatic carbocycles. The Hall–Kier alpha value is -6.90. The quantitative estimate of drug-likeness (QED) is 0.0795. The van der Waals surface area contributed by atoms with E-state index in [0.29, 0.717) is 60.1 Å². The third-order valence-electron chi connectivity index (χ3n) is 10.3. The van der Waals surface area contributed by atoms with Gasteiger partial charge in [-0.05, 0) is 103 Å². The molecule has 0 atom stereocenters. The van der Waals surface area contributed by atoms with Gasteiger partial charge >= 0.3 is 31.2 Å². The van der Waals surface area contributed by atoms with Gasteiger partial charge in [-0.3, -0.25) is 9.36 Å². The number of amides is 2. The van der Waals surface area contributed by atoms with Gasteiger partial charge in [0.1, 0.15) is 24.8 Å². The minimum Gasteiger partial charge on any atom is -0.461 e. The Labute approximate surface area is 400 Å². The lowest BCUT2D eigenvalue weighted by Crippen LogP contribution is -2.31. The molecule has 4 aromatic carbocycles. The highest BCUT2D eigenvalue weighted by Gasteiger charge is 2.26. The normalized spacial score (nSPS) is 12.9. The highest BCUT2D eigenvalue weighted by Crippen LogP contribution is 2.24. The molecule has 0 bridgehead atoms. The molecule has 2 aromatic heterocycles. The molecule has 0 unspecified atom stereocenters. The number of rotatable bonds is 10. The van der Waals surface area contributed by atoms with Gasteiger partial charge in [0.05, 0.1) is 37.7 Å². The minimum absolute atomic E-state index is 0.0287. The van der Waals surface area contributed by atoms with E-state index in [1.807, 2.05) is 42.5 Å². The summed E-state index contributed by atoms with van der Waals surface area (Å²) in [6.45, 7) is 6.66. The fraction of sp³-hybridized carbons (Fsp3) is 0.292. The molecule has 2 aliphatic heterocycles. The highest BCUT2D eigenvalue weighted by molar-refractivity contribution is 9.10. The smallest absolute Gasteiger partial charge is 0.461 e. The zero-order valence-corrected chi connectivity index (χ0v) is 39.0. The van der Waals surface area contributed by atoms with Crippen LogP contribution in [0.3, 0.4) is 0 Å². The molecule has 6 aromatic rings. The molecule has 8 rings (SSSR count). The van der Waals surface area contributed by atoms with Crippen LogP contribution in [0.5, 0.6) is 0 Å². The van der Waals surface area contributed by atoms with Crippen LogP contribution in [0.2, 0.25) is 0 Å². The van der Waals surface area contributed by atoms with Gasteiger partial charge in [0.25, 0.3) is 0 Å². The van der Waals surface area contributed by atoms with Crippen molar-refractivity contribution in [3.8, 4) is 11.1 Å². The first-order valence-corrected chi connectivity index (χ1v) is 22.6. The summed E-state index contributed by atoms with van der Waals surface area (Å²) in [5.41, 5.74) is 5.19. The second-order valence-electron chi connectivity index (χ2n) is 15.4. The third kappa shape index (κ3) is 14.6. The van der Waals surface area contributed by atoms with Gasteiger partial charge in [-0.2, -0.15) is 10.2 Å². The van der Waals surface area contributed by atoms with E-state index in [-0.39, 0.29) is 56.7 Å². The van der Waals surface area contributed by atoms with Gasteiger partial charge in [-0.25, -0.2) is 28.0 Å². The Morgan fingerprint density at radius 1 is 0.603 bits per heavy atom. The number of nitrogens with zero attached hydrogens (tertiary/aromatic N) is 6. The molecule has 2 N–H and O–H groups in total.